The molecule has 0 aromatic heterocycles. The average Bonchev–Trinajstić information content (AvgIpc) is 1.89. The van der Waals surface area contributed by atoms with E-state index in [0.717, 1.165) is 10.8 Å². The van der Waals surface area contributed by atoms with Crippen LogP contribution in [0.1, 0.15) is 51.4 Å². The van der Waals surface area contributed by atoms with E-state index in [1.807, 2.05) is 0 Å². The third-order valence-electron chi connectivity index (χ3n) is 6.31. The first-order valence-corrected chi connectivity index (χ1v) is 5.87. The monoisotopic (exact) mass is 162 g/mol. The lowest BCUT2D eigenvalue weighted by Crippen LogP contribution is -2.69. The second kappa shape index (κ2) is 1.63. The first-order valence-electron chi connectivity index (χ1n) is 5.87. The quantitative estimate of drug-likeness (QED) is 0.512. The van der Waals surface area contributed by atoms with E-state index in [4.69, 9.17) is 0 Å². The van der Waals surface area contributed by atoms with E-state index in [9.17, 15) is 0 Å². The van der Waals surface area contributed by atoms with Gasteiger partial charge in [-0.3, -0.25) is 0 Å². The van der Waals surface area contributed by atoms with Gasteiger partial charge >= 0.3 is 0 Å². The van der Waals surface area contributed by atoms with Gasteiger partial charge in [0.2, 0.25) is 0 Å². The van der Waals surface area contributed by atoms with Gasteiger partial charge in [-0.1, -0.05) is 0 Å². The van der Waals surface area contributed by atoms with Crippen molar-refractivity contribution in [2.24, 2.45) is 22.7 Å². The van der Waals surface area contributed by atoms with Gasteiger partial charge in [-0.05, 0) is 74.0 Å². The topological polar surface area (TPSA) is 0 Å². The van der Waals surface area contributed by atoms with Crippen molar-refractivity contribution in [2.75, 3.05) is 0 Å². The van der Waals surface area contributed by atoms with E-state index in [0.29, 0.717) is 0 Å². The van der Waals surface area contributed by atoms with Crippen molar-refractivity contribution in [2.45, 2.75) is 51.4 Å². The third kappa shape index (κ3) is 0.400. The van der Waals surface area contributed by atoms with Crippen LogP contribution in [-0.2, 0) is 0 Å². The Labute approximate surface area is 74.7 Å². The number of hydrogen-bond donors (Lipinski definition) is 0. The summed E-state index contributed by atoms with van der Waals surface area (Å²) in [4.78, 5) is 0. The predicted molar refractivity (Wildman–Crippen MR) is 48.8 cm³/mol. The first-order chi connectivity index (χ1) is 5.87. The van der Waals surface area contributed by atoms with Crippen molar-refractivity contribution in [3.8, 4) is 0 Å². The zero-order valence-electron chi connectivity index (χ0n) is 7.81. The molecular formula is C12H18. The van der Waals surface area contributed by atoms with Gasteiger partial charge in [0.1, 0.15) is 0 Å². The lowest BCUT2D eigenvalue weighted by atomic mass is 9.26. The Morgan fingerprint density at radius 3 is 1.33 bits per heavy atom. The highest BCUT2D eigenvalue weighted by molar-refractivity contribution is 5.22. The van der Waals surface area contributed by atoms with Crippen LogP contribution < -0.4 is 0 Å². The molecule has 4 aliphatic carbocycles. The normalized spacial score (nSPS) is 66.0. The number of hydrogen-bond acceptors (Lipinski definition) is 0. The Hall–Kier alpha value is 0. The molecule has 0 aromatic carbocycles. The van der Waals surface area contributed by atoms with Crippen molar-refractivity contribution < 1.29 is 0 Å². The SMILES string of the molecule is C1CC2CCC23CCC32CCC12. The van der Waals surface area contributed by atoms with Crippen molar-refractivity contribution in [3.63, 3.8) is 0 Å². The summed E-state index contributed by atoms with van der Waals surface area (Å²) in [7, 11) is 0. The van der Waals surface area contributed by atoms with E-state index < -0.39 is 0 Å². The minimum Gasteiger partial charge on any atom is -0.0496 e. The Kier molecular flexibility index (Phi) is 0.875. The maximum atomic E-state index is 1.62. The molecule has 0 heterocycles. The molecular weight excluding hydrogens is 144 g/mol. The van der Waals surface area contributed by atoms with Gasteiger partial charge in [-0.15, -0.1) is 0 Å². The Bertz CT molecular complexity index is 210. The minimum absolute atomic E-state index is 0.953. The van der Waals surface area contributed by atoms with Gasteiger partial charge in [0.05, 0.1) is 0 Å². The van der Waals surface area contributed by atoms with Crippen LogP contribution in [0.4, 0.5) is 0 Å². The molecule has 0 nitrogen and oxygen atoms in total. The van der Waals surface area contributed by atoms with Gasteiger partial charge in [-0.25, -0.2) is 0 Å². The summed E-state index contributed by atoms with van der Waals surface area (Å²) in [5.41, 5.74) is 1.91. The molecule has 12 heavy (non-hydrogen) atoms. The molecule has 4 aliphatic rings. The van der Waals surface area contributed by atoms with E-state index in [1.165, 1.54) is 11.8 Å². The molecule has 2 spiro atoms. The fourth-order valence-corrected chi connectivity index (χ4v) is 5.37. The van der Waals surface area contributed by atoms with Gasteiger partial charge in [0, 0.05) is 0 Å². The number of rotatable bonds is 0. The van der Waals surface area contributed by atoms with Crippen LogP contribution in [0.25, 0.3) is 0 Å². The average molecular weight is 162 g/mol. The largest absolute Gasteiger partial charge is 0.0496 e. The Morgan fingerprint density at radius 2 is 1.08 bits per heavy atom. The van der Waals surface area contributed by atoms with Crippen LogP contribution in [0.3, 0.4) is 0 Å². The highest BCUT2D eigenvalue weighted by Gasteiger charge is 2.72. The zero-order valence-corrected chi connectivity index (χ0v) is 7.81. The summed E-state index contributed by atoms with van der Waals surface area (Å²) in [6.07, 6.45) is 12.9. The summed E-state index contributed by atoms with van der Waals surface area (Å²) >= 11 is 0. The van der Waals surface area contributed by atoms with Crippen LogP contribution in [-0.4, -0.2) is 0 Å². The minimum atomic E-state index is 0.953. The lowest BCUT2D eigenvalue weighted by molar-refractivity contribution is -0.286. The molecule has 4 rings (SSSR count). The molecule has 66 valence electrons. The molecule has 0 aromatic rings. The molecule has 4 saturated carbocycles. The summed E-state index contributed by atoms with van der Waals surface area (Å²) in [6, 6.07) is 0. The van der Waals surface area contributed by atoms with Gasteiger partial charge in [0.25, 0.3) is 0 Å². The summed E-state index contributed by atoms with van der Waals surface area (Å²) < 4.78 is 0. The van der Waals surface area contributed by atoms with Crippen LogP contribution in [0.15, 0.2) is 0 Å². The molecule has 0 saturated heterocycles. The highest BCUT2D eigenvalue weighted by atomic mass is 14.8. The molecule has 0 N–H and O–H groups in total. The van der Waals surface area contributed by atoms with Gasteiger partial charge in [0.15, 0.2) is 0 Å². The predicted octanol–water partition coefficient (Wildman–Crippen LogP) is 3.37. The van der Waals surface area contributed by atoms with Gasteiger partial charge < -0.3 is 0 Å². The fourth-order valence-electron chi connectivity index (χ4n) is 5.37. The molecule has 0 amide bonds. The summed E-state index contributed by atoms with van der Waals surface area (Å²) in [5, 5.41) is 0. The van der Waals surface area contributed by atoms with Gasteiger partial charge in [-0.2, -0.15) is 0 Å². The molecule has 0 radical (unpaired) electrons. The molecule has 4 fully saturated rings. The first kappa shape index (κ1) is 6.45. The van der Waals surface area contributed by atoms with Crippen molar-refractivity contribution in [3.05, 3.63) is 0 Å². The molecule has 4 atom stereocenters. The van der Waals surface area contributed by atoms with Crippen LogP contribution in [0, 0.1) is 22.7 Å². The molecule has 0 aliphatic heterocycles. The highest BCUT2D eigenvalue weighted by Crippen LogP contribution is 2.81. The van der Waals surface area contributed by atoms with E-state index >= 15 is 0 Å². The van der Waals surface area contributed by atoms with Crippen molar-refractivity contribution in [1.29, 1.82) is 0 Å². The maximum absolute atomic E-state index is 1.62. The van der Waals surface area contributed by atoms with Crippen LogP contribution >= 0.6 is 0 Å². The zero-order chi connectivity index (χ0) is 7.81. The third-order valence-corrected chi connectivity index (χ3v) is 6.31. The fraction of sp³-hybridized carbons (Fsp3) is 1.00. The standard InChI is InChI=1S/C12H18/c1-2-10-4-6-12(10)8-7-11(12)5-3-9(1)11/h9-10H,1-8H2. The van der Waals surface area contributed by atoms with Crippen LogP contribution in [0.2, 0.25) is 0 Å². The summed E-state index contributed by atoms with van der Waals surface area (Å²) in [5.74, 6) is 2.39. The van der Waals surface area contributed by atoms with E-state index in [-0.39, 0.29) is 0 Å². The van der Waals surface area contributed by atoms with Crippen molar-refractivity contribution >= 4 is 0 Å². The van der Waals surface area contributed by atoms with Crippen molar-refractivity contribution in [1.82, 2.24) is 0 Å². The Balaban J connectivity index is 1.79. The second-order valence-corrected chi connectivity index (χ2v) is 5.86. The smallest absolute Gasteiger partial charge is 0.0210 e. The van der Waals surface area contributed by atoms with E-state index in [1.54, 1.807) is 51.4 Å². The second-order valence-electron chi connectivity index (χ2n) is 5.86. The molecule has 4 unspecified atom stereocenters. The molecule has 0 bridgehead atoms. The molecule has 0 heteroatoms. The van der Waals surface area contributed by atoms with E-state index in [2.05, 4.69) is 0 Å². The lowest BCUT2D eigenvalue weighted by Gasteiger charge is -2.78. The van der Waals surface area contributed by atoms with Crippen LogP contribution in [0.5, 0.6) is 0 Å². The summed E-state index contributed by atoms with van der Waals surface area (Å²) in [6.45, 7) is 0. The maximum Gasteiger partial charge on any atom is -0.0210 e. The Morgan fingerprint density at radius 1 is 0.583 bits per heavy atom.